The van der Waals surface area contributed by atoms with E-state index in [9.17, 15) is 18.3 Å². The van der Waals surface area contributed by atoms with E-state index >= 15 is 0 Å². The number of phenols is 1. The molecule has 0 atom stereocenters. The standard InChI is InChI=1S/C23H23N3O5S/c1-31-22-14-18(10-13-21(22)27)15-24-25-23(28)19-11-8-17(9-12-19)16-26(32(2,29)30)20-6-4-3-5-7-20/h3-15,27H,16H2,1-2H3,(H,25,28)/b24-15-. The van der Waals surface area contributed by atoms with Gasteiger partial charge in [0, 0.05) is 5.56 Å². The SMILES string of the molecule is COc1cc(/C=N\NC(=O)c2ccc(CN(c3ccccc3)S(C)(=O)=O)cc2)ccc1O. The summed E-state index contributed by atoms with van der Waals surface area (Å²) in [5, 5.41) is 13.5. The summed E-state index contributed by atoms with van der Waals surface area (Å²) < 4.78 is 30.8. The van der Waals surface area contributed by atoms with E-state index in [1.165, 1.54) is 23.7 Å². The van der Waals surface area contributed by atoms with Crippen molar-refractivity contribution in [3.8, 4) is 11.5 Å². The number of methoxy groups -OCH3 is 1. The van der Waals surface area contributed by atoms with Gasteiger partial charge in [0.15, 0.2) is 11.5 Å². The minimum atomic E-state index is -3.48. The number of amides is 1. The van der Waals surface area contributed by atoms with Gasteiger partial charge in [0.25, 0.3) is 5.91 Å². The van der Waals surface area contributed by atoms with Crippen LogP contribution in [0.25, 0.3) is 0 Å². The molecule has 8 nitrogen and oxygen atoms in total. The number of nitrogens with one attached hydrogen (secondary N) is 1. The van der Waals surface area contributed by atoms with Crippen LogP contribution in [0.5, 0.6) is 11.5 Å². The fraction of sp³-hybridized carbons (Fsp3) is 0.130. The maximum absolute atomic E-state index is 12.3. The Morgan fingerprint density at radius 1 is 1.09 bits per heavy atom. The molecule has 1 amide bonds. The van der Waals surface area contributed by atoms with Gasteiger partial charge in [-0.05, 0) is 53.6 Å². The van der Waals surface area contributed by atoms with E-state index in [0.29, 0.717) is 22.6 Å². The molecule has 166 valence electrons. The highest BCUT2D eigenvalue weighted by Crippen LogP contribution is 2.25. The molecule has 2 N–H and O–H groups in total. The second kappa shape index (κ2) is 9.97. The topological polar surface area (TPSA) is 108 Å². The first-order valence-corrected chi connectivity index (χ1v) is 11.4. The van der Waals surface area contributed by atoms with Gasteiger partial charge in [-0.1, -0.05) is 30.3 Å². The van der Waals surface area contributed by atoms with Crippen molar-refractivity contribution in [2.45, 2.75) is 6.54 Å². The van der Waals surface area contributed by atoms with Crippen LogP contribution in [-0.2, 0) is 16.6 Å². The highest BCUT2D eigenvalue weighted by Gasteiger charge is 2.17. The number of aromatic hydroxyl groups is 1. The summed E-state index contributed by atoms with van der Waals surface area (Å²) in [5.74, 6) is -0.105. The largest absolute Gasteiger partial charge is 0.504 e. The minimum Gasteiger partial charge on any atom is -0.504 e. The fourth-order valence-electron chi connectivity index (χ4n) is 2.93. The second-order valence-corrected chi connectivity index (χ2v) is 8.84. The van der Waals surface area contributed by atoms with Crippen LogP contribution in [0.2, 0.25) is 0 Å². The van der Waals surface area contributed by atoms with Gasteiger partial charge in [-0.2, -0.15) is 5.10 Å². The van der Waals surface area contributed by atoms with Crippen molar-refractivity contribution in [3.05, 3.63) is 89.5 Å². The summed E-state index contributed by atoms with van der Waals surface area (Å²) >= 11 is 0. The van der Waals surface area contributed by atoms with E-state index in [-0.39, 0.29) is 12.3 Å². The van der Waals surface area contributed by atoms with Crippen molar-refractivity contribution in [2.24, 2.45) is 5.10 Å². The van der Waals surface area contributed by atoms with Crippen LogP contribution in [0.3, 0.4) is 0 Å². The van der Waals surface area contributed by atoms with Crippen LogP contribution in [0.1, 0.15) is 21.5 Å². The average Bonchev–Trinajstić information content (AvgIpc) is 2.78. The Morgan fingerprint density at radius 2 is 1.78 bits per heavy atom. The van der Waals surface area contributed by atoms with Crippen molar-refractivity contribution in [2.75, 3.05) is 17.7 Å². The Balaban J connectivity index is 1.66. The predicted octanol–water partition coefficient (Wildman–Crippen LogP) is 3.13. The van der Waals surface area contributed by atoms with Crippen molar-refractivity contribution in [1.82, 2.24) is 5.43 Å². The number of ether oxygens (including phenoxy) is 1. The first kappa shape index (κ1) is 22.8. The van der Waals surface area contributed by atoms with Crippen LogP contribution in [0.15, 0.2) is 77.9 Å². The molecule has 32 heavy (non-hydrogen) atoms. The molecule has 3 aromatic rings. The molecule has 9 heteroatoms. The molecule has 0 radical (unpaired) electrons. The molecule has 0 saturated carbocycles. The van der Waals surface area contributed by atoms with E-state index in [2.05, 4.69) is 10.5 Å². The number of hydrogen-bond donors (Lipinski definition) is 2. The molecule has 0 heterocycles. The number of hydrogen-bond acceptors (Lipinski definition) is 6. The third kappa shape index (κ3) is 5.86. The molecule has 0 unspecified atom stereocenters. The molecule has 0 fully saturated rings. The van der Waals surface area contributed by atoms with Gasteiger partial charge >= 0.3 is 0 Å². The zero-order valence-electron chi connectivity index (χ0n) is 17.6. The van der Waals surface area contributed by atoms with E-state index in [1.807, 2.05) is 6.07 Å². The normalized spacial score (nSPS) is 11.3. The molecule has 0 spiro atoms. The Labute approximate surface area is 186 Å². The number of hydrazone groups is 1. The highest BCUT2D eigenvalue weighted by molar-refractivity contribution is 7.92. The maximum Gasteiger partial charge on any atom is 0.271 e. The van der Waals surface area contributed by atoms with E-state index < -0.39 is 15.9 Å². The van der Waals surface area contributed by atoms with Crippen LogP contribution in [0, 0.1) is 0 Å². The molecule has 3 rings (SSSR count). The van der Waals surface area contributed by atoms with Crippen LogP contribution in [0.4, 0.5) is 5.69 Å². The maximum atomic E-state index is 12.3. The van der Waals surface area contributed by atoms with Crippen molar-refractivity contribution < 1.29 is 23.1 Å². The quantitative estimate of drug-likeness (QED) is 0.402. The summed E-state index contributed by atoms with van der Waals surface area (Å²) in [4.78, 5) is 12.3. The van der Waals surface area contributed by atoms with Gasteiger partial charge in [-0.25, -0.2) is 13.8 Å². The molecular formula is C23H23N3O5S. The zero-order chi connectivity index (χ0) is 23.1. The molecule has 0 aliphatic carbocycles. The summed E-state index contributed by atoms with van der Waals surface area (Å²) in [5.41, 5.74) is 4.74. The summed E-state index contributed by atoms with van der Waals surface area (Å²) in [7, 11) is -2.04. The second-order valence-electron chi connectivity index (χ2n) is 6.93. The van der Waals surface area contributed by atoms with Gasteiger partial charge in [0.05, 0.1) is 31.8 Å². The van der Waals surface area contributed by atoms with Gasteiger partial charge in [-0.15, -0.1) is 0 Å². The van der Waals surface area contributed by atoms with E-state index in [0.717, 1.165) is 11.8 Å². The lowest BCUT2D eigenvalue weighted by Crippen LogP contribution is -2.29. The Hall–Kier alpha value is -3.85. The lowest BCUT2D eigenvalue weighted by atomic mass is 10.1. The van der Waals surface area contributed by atoms with E-state index in [4.69, 9.17) is 4.74 Å². The molecule has 0 saturated heterocycles. The van der Waals surface area contributed by atoms with Gasteiger partial charge in [0.2, 0.25) is 10.0 Å². The molecule has 0 bridgehead atoms. The first-order valence-electron chi connectivity index (χ1n) is 9.60. The third-order valence-electron chi connectivity index (χ3n) is 4.57. The van der Waals surface area contributed by atoms with Gasteiger partial charge in [-0.3, -0.25) is 9.10 Å². The number of phenolic OH excluding ortho intramolecular Hbond substituents is 1. The number of sulfonamides is 1. The fourth-order valence-corrected chi connectivity index (χ4v) is 3.81. The molecule has 0 aromatic heterocycles. The highest BCUT2D eigenvalue weighted by atomic mass is 32.2. The van der Waals surface area contributed by atoms with Gasteiger partial charge in [0.1, 0.15) is 0 Å². The van der Waals surface area contributed by atoms with Crippen molar-refractivity contribution in [1.29, 1.82) is 0 Å². The lowest BCUT2D eigenvalue weighted by Gasteiger charge is -2.22. The summed E-state index contributed by atoms with van der Waals surface area (Å²) in [6.45, 7) is 0.144. The van der Waals surface area contributed by atoms with Crippen molar-refractivity contribution >= 4 is 27.8 Å². The lowest BCUT2D eigenvalue weighted by molar-refractivity contribution is 0.0955. The third-order valence-corrected chi connectivity index (χ3v) is 5.71. The number of carbonyl (C=O) groups is 1. The Kier molecular flexibility index (Phi) is 7.11. The predicted molar refractivity (Wildman–Crippen MR) is 124 cm³/mol. The van der Waals surface area contributed by atoms with E-state index in [1.54, 1.807) is 60.7 Å². The van der Waals surface area contributed by atoms with Crippen LogP contribution >= 0.6 is 0 Å². The molecular weight excluding hydrogens is 430 g/mol. The number of rotatable bonds is 8. The number of carbonyl (C=O) groups excluding carboxylic acids is 1. The zero-order valence-corrected chi connectivity index (χ0v) is 18.4. The monoisotopic (exact) mass is 453 g/mol. The summed E-state index contributed by atoms with van der Waals surface area (Å²) in [6, 6.07) is 20.1. The van der Waals surface area contributed by atoms with Crippen molar-refractivity contribution in [3.63, 3.8) is 0 Å². The minimum absolute atomic E-state index is 0.00970. The number of anilines is 1. The van der Waals surface area contributed by atoms with Crippen LogP contribution < -0.4 is 14.5 Å². The molecule has 0 aliphatic heterocycles. The molecule has 3 aromatic carbocycles. The number of nitrogens with zero attached hydrogens (tertiary/aromatic N) is 2. The Morgan fingerprint density at radius 3 is 2.41 bits per heavy atom. The smallest absolute Gasteiger partial charge is 0.271 e. The van der Waals surface area contributed by atoms with Gasteiger partial charge < -0.3 is 9.84 Å². The first-order chi connectivity index (χ1) is 15.3. The number of para-hydroxylation sites is 1. The Bertz CT molecular complexity index is 1210. The number of benzene rings is 3. The average molecular weight is 454 g/mol. The van der Waals surface area contributed by atoms with Crippen LogP contribution in [-0.4, -0.2) is 39.0 Å². The molecule has 0 aliphatic rings. The summed E-state index contributed by atoms with van der Waals surface area (Å²) in [6.07, 6.45) is 2.58.